The molecule has 0 bridgehead atoms. The Morgan fingerprint density at radius 2 is 2.27 bits per heavy atom. The van der Waals surface area contributed by atoms with Crippen molar-refractivity contribution in [3.8, 4) is 5.88 Å². The van der Waals surface area contributed by atoms with Gasteiger partial charge in [0.15, 0.2) is 0 Å². The molecule has 1 aromatic rings. The maximum atomic E-state index is 10.9. The summed E-state index contributed by atoms with van der Waals surface area (Å²) in [5.74, 6) is 0.737. The minimum absolute atomic E-state index is 0.101. The van der Waals surface area contributed by atoms with Crippen molar-refractivity contribution >= 4 is 5.91 Å². The van der Waals surface area contributed by atoms with Gasteiger partial charge in [-0.05, 0) is 12.5 Å². The van der Waals surface area contributed by atoms with Crippen LogP contribution < -0.4 is 4.74 Å². The highest BCUT2D eigenvalue weighted by Gasteiger charge is 2.30. The topological polar surface area (TPSA) is 42.4 Å². The zero-order valence-corrected chi connectivity index (χ0v) is 8.93. The quantitative estimate of drug-likeness (QED) is 0.725. The van der Waals surface area contributed by atoms with Gasteiger partial charge in [-0.3, -0.25) is 4.79 Å². The molecule has 0 atom stereocenters. The lowest BCUT2D eigenvalue weighted by Gasteiger charge is -2.37. The van der Waals surface area contributed by atoms with Crippen molar-refractivity contribution in [1.29, 1.82) is 0 Å². The SMILES string of the molecule is CC(=O)N1CC(Oc2ccc(C)cn2)C1. The second-order valence-electron chi connectivity index (χ2n) is 3.84. The van der Waals surface area contributed by atoms with E-state index in [1.54, 1.807) is 18.0 Å². The summed E-state index contributed by atoms with van der Waals surface area (Å²) in [7, 11) is 0. The Bertz CT molecular complexity index is 355. The van der Waals surface area contributed by atoms with E-state index >= 15 is 0 Å². The van der Waals surface area contributed by atoms with Crippen LogP contribution in [0.5, 0.6) is 5.88 Å². The maximum absolute atomic E-state index is 10.9. The molecule has 1 saturated heterocycles. The van der Waals surface area contributed by atoms with Crippen LogP contribution in [0, 0.1) is 6.92 Å². The summed E-state index contributed by atoms with van der Waals surface area (Å²) in [6.45, 7) is 4.90. The Balaban J connectivity index is 1.85. The zero-order chi connectivity index (χ0) is 10.8. The summed E-state index contributed by atoms with van der Waals surface area (Å²) >= 11 is 0. The first-order valence-corrected chi connectivity index (χ1v) is 5.00. The number of hydrogen-bond donors (Lipinski definition) is 0. The fourth-order valence-electron chi connectivity index (χ4n) is 1.46. The molecule has 2 heterocycles. The third-order valence-electron chi connectivity index (χ3n) is 2.47. The molecule has 1 aliphatic heterocycles. The van der Waals surface area contributed by atoms with Crippen LogP contribution in [0.3, 0.4) is 0 Å². The lowest BCUT2D eigenvalue weighted by atomic mass is 10.2. The molecular weight excluding hydrogens is 192 g/mol. The number of ether oxygens (including phenoxy) is 1. The van der Waals surface area contributed by atoms with E-state index in [0.717, 1.165) is 5.56 Å². The maximum Gasteiger partial charge on any atom is 0.219 e. The van der Waals surface area contributed by atoms with Gasteiger partial charge in [-0.25, -0.2) is 4.98 Å². The summed E-state index contributed by atoms with van der Waals surface area (Å²) in [6.07, 6.45) is 1.88. The fraction of sp³-hybridized carbons (Fsp3) is 0.455. The van der Waals surface area contributed by atoms with Gasteiger partial charge in [-0.2, -0.15) is 0 Å². The second-order valence-corrected chi connectivity index (χ2v) is 3.84. The van der Waals surface area contributed by atoms with Gasteiger partial charge in [-0.1, -0.05) is 6.07 Å². The number of pyridine rings is 1. The van der Waals surface area contributed by atoms with Gasteiger partial charge in [0.05, 0.1) is 13.1 Å². The average Bonchev–Trinajstić information content (AvgIpc) is 2.13. The molecule has 15 heavy (non-hydrogen) atoms. The van der Waals surface area contributed by atoms with E-state index in [4.69, 9.17) is 4.74 Å². The largest absolute Gasteiger partial charge is 0.471 e. The molecule has 80 valence electrons. The monoisotopic (exact) mass is 206 g/mol. The van der Waals surface area contributed by atoms with E-state index < -0.39 is 0 Å². The summed E-state index contributed by atoms with van der Waals surface area (Å²) < 4.78 is 5.58. The average molecular weight is 206 g/mol. The van der Waals surface area contributed by atoms with E-state index in [1.807, 2.05) is 19.1 Å². The Morgan fingerprint density at radius 1 is 1.53 bits per heavy atom. The fourth-order valence-corrected chi connectivity index (χ4v) is 1.46. The summed E-state index contributed by atoms with van der Waals surface area (Å²) in [5.41, 5.74) is 1.11. The Kier molecular flexibility index (Phi) is 2.58. The van der Waals surface area contributed by atoms with E-state index in [-0.39, 0.29) is 12.0 Å². The molecule has 0 radical (unpaired) electrons. The van der Waals surface area contributed by atoms with E-state index in [1.165, 1.54) is 0 Å². The third-order valence-corrected chi connectivity index (χ3v) is 2.47. The molecule has 0 unspecified atom stereocenters. The van der Waals surface area contributed by atoms with Gasteiger partial charge in [0, 0.05) is 19.2 Å². The lowest BCUT2D eigenvalue weighted by molar-refractivity contribution is -0.137. The van der Waals surface area contributed by atoms with Crippen molar-refractivity contribution in [2.45, 2.75) is 20.0 Å². The summed E-state index contributed by atoms with van der Waals surface area (Å²) in [4.78, 5) is 16.8. The molecule has 0 aliphatic carbocycles. The standard InChI is InChI=1S/C11H14N2O2/c1-8-3-4-11(12-5-8)15-10-6-13(7-10)9(2)14/h3-5,10H,6-7H2,1-2H3. The molecular formula is C11H14N2O2. The number of aryl methyl sites for hydroxylation is 1. The lowest BCUT2D eigenvalue weighted by Crippen LogP contribution is -2.55. The molecule has 4 nitrogen and oxygen atoms in total. The molecule has 1 amide bonds. The van der Waals surface area contributed by atoms with Crippen LogP contribution in [0.25, 0.3) is 0 Å². The molecule has 4 heteroatoms. The molecule has 0 saturated carbocycles. The molecule has 1 aliphatic rings. The number of aromatic nitrogens is 1. The van der Waals surface area contributed by atoms with Gasteiger partial charge < -0.3 is 9.64 Å². The highest BCUT2D eigenvalue weighted by Crippen LogP contribution is 2.15. The molecule has 1 fully saturated rings. The number of carbonyl (C=O) groups excluding carboxylic acids is 1. The predicted octanol–water partition coefficient (Wildman–Crippen LogP) is 1.000. The first kappa shape index (κ1) is 9.96. The normalized spacial score (nSPS) is 16.0. The summed E-state index contributed by atoms with van der Waals surface area (Å²) in [6, 6.07) is 3.81. The molecule has 0 N–H and O–H groups in total. The van der Waals surface area contributed by atoms with Crippen LogP contribution in [0.2, 0.25) is 0 Å². The van der Waals surface area contributed by atoms with Crippen molar-refractivity contribution in [2.75, 3.05) is 13.1 Å². The summed E-state index contributed by atoms with van der Waals surface area (Å²) in [5, 5.41) is 0. The van der Waals surface area contributed by atoms with Crippen LogP contribution in [-0.4, -0.2) is 35.0 Å². The Hall–Kier alpha value is -1.58. The number of carbonyl (C=O) groups is 1. The van der Waals surface area contributed by atoms with Gasteiger partial charge >= 0.3 is 0 Å². The van der Waals surface area contributed by atoms with Crippen LogP contribution in [0.1, 0.15) is 12.5 Å². The van der Waals surface area contributed by atoms with Crippen LogP contribution in [0.4, 0.5) is 0 Å². The van der Waals surface area contributed by atoms with Gasteiger partial charge in [0.1, 0.15) is 6.10 Å². The van der Waals surface area contributed by atoms with Crippen molar-refractivity contribution in [3.63, 3.8) is 0 Å². The predicted molar refractivity (Wildman–Crippen MR) is 55.6 cm³/mol. The van der Waals surface area contributed by atoms with Crippen molar-refractivity contribution in [3.05, 3.63) is 23.9 Å². The van der Waals surface area contributed by atoms with Crippen LogP contribution >= 0.6 is 0 Å². The Labute approximate surface area is 88.9 Å². The third kappa shape index (κ3) is 2.26. The smallest absolute Gasteiger partial charge is 0.219 e. The van der Waals surface area contributed by atoms with Gasteiger partial charge in [0.2, 0.25) is 11.8 Å². The number of amides is 1. The number of hydrogen-bond acceptors (Lipinski definition) is 3. The van der Waals surface area contributed by atoms with Crippen LogP contribution in [-0.2, 0) is 4.79 Å². The highest BCUT2D eigenvalue weighted by molar-refractivity contribution is 5.74. The molecule has 0 aromatic carbocycles. The molecule has 2 rings (SSSR count). The van der Waals surface area contributed by atoms with Gasteiger partial charge in [0.25, 0.3) is 0 Å². The van der Waals surface area contributed by atoms with Crippen molar-refractivity contribution < 1.29 is 9.53 Å². The van der Waals surface area contributed by atoms with Crippen molar-refractivity contribution in [1.82, 2.24) is 9.88 Å². The van der Waals surface area contributed by atoms with E-state index in [0.29, 0.717) is 19.0 Å². The molecule has 0 spiro atoms. The number of nitrogens with zero attached hydrogens (tertiary/aromatic N) is 2. The minimum atomic E-state index is 0.101. The first-order valence-electron chi connectivity index (χ1n) is 5.00. The second kappa shape index (κ2) is 3.88. The van der Waals surface area contributed by atoms with Gasteiger partial charge in [-0.15, -0.1) is 0 Å². The number of rotatable bonds is 2. The minimum Gasteiger partial charge on any atom is -0.471 e. The highest BCUT2D eigenvalue weighted by atomic mass is 16.5. The van der Waals surface area contributed by atoms with E-state index in [9.17, 15) is 4.79 Å². The first-order chi connectivity index (χ1) is 7.15. The number of likely N-dealkylation sites (tertiary alicyclic amines) is 1. The van der Waals surface area contributed by atoms with Crippen LogP contribution in [0.15, 0.2) is 18.3 Å². The Morgan fingerprint density at radius 3 is 2.80 bits per heavy atom. The van der Waals surface area contributed by atoms with Crippen molar-refractivity contribution in [2.24, 2.45) is 0 Å². The molecule has 1 aromatic heterocycles. The zero-order valence-electron chi connectivity index (χ0n) is 8.93. The van der Waals surface area contributed by atoms with E-state index in [2.05, 4.69) is 4.98 Å².